The van der Waals surface area contributed by atoms with E-state index in [4.69, 9.17) is 0 Å². The number of ether oxygens (including phenoxy) is 1. The fourth-order valence-electron chi connectivity index (χ4n) is 3.36. The minimum Gasteiger partial charge on any atom is -0.455 e. The lowest BCUT2D eigenvalue weighted by atomic mass is 9.55. The molecule has 0 aliphatic heterocycles. The molecule has 12 heteroatoms. The number of rotatable bonds is 6. The largest absolute Gasteiger partial charge is 0.455 e. The molecule has 1 aromatic carbocycles. The van der Waals surface area contributed by atoms with Gasteiger partial charge in [0.25, 0.3) is 5.91 Å². The van der Waals surface area contributed by atoms with Crippen molar-refractivity contribution in [1.29, 1.82) is 0 Å². The van der Waals surface area contributed by atoms with E-state index in [-0.39, 0.29) is 12.1 Å². The van der Waals surface area contributed by atoms with Crippen LogP contribution in [0, 0.1) is 17.3 Å². The second-order valence-electron chi connectivity index (χ2n) is 7.30. The fraction of sp³-hybridized carbons (Fsp3) is 0.529. The first-order valence-electron chi connectivity index (χ1n) is 8.31. The number of alkyl halides is 5. The van der Waals surface area contributed by atoms with Crippen molar-refractivity contribution >= 4 is 27.4 Å². The summed E-state index contributed by atoms with van der Waals surface area (Å²) in [7, 11) is -4.78. The van der Waals surface area contributed by atoms with Crippen molar-refractivity contribution in [1.82, 2.24) is 0 Å². The van der Waals surface area contributed by atoms with Crippen molar-refractivity contribution in [3.63, 3.8) is 0 Å². The number of benzene rings is 1. The third kappa shape index (κ3) is 5.03. The Labute approximate surface area is 163 Å². The number of sulfone groups is 1. The van der Waals surface area contributed by atoms with Gasteiger partial charge in [0.1, 0.15) is 0 Å². The molecule has 162 valence electrons. The Morgan fingerprint density at radius 3 is 2.21 bits per heavy atom. The first-order valence-corrected chi connectivity index (χ1v) is 9.86. The van der Waals surface area contributed by atoms with Gasteiger partial charge in [0.15, 0.2) is 6.61 Å². The molecule has 0 aromatic heterocycles. The van der Waals surface area contributed by atoms with Gasteiger partial charge in [-0.1, -0.05) is 13.8 Å². The Morgan fingerprint density at radius 2 is 1.76 bits per heavy atom. The fourth-order valence-corrected chi connectivity index (χ4v) is 4.08. The minimum atomic E-state index is -4.78. The van der Waals surface area contributed by atoms with Gasteiger partial charge in [0, 0.05) is 5.69 Å². The third-order valence-electron chi connectivity index (χ3n) is 4.69. The van der Waals surface area contributed by atoms with Crippen molar-refractivity contribution < 1.29 is 44.7 Å². The van der Waals surface area contributed by atoms with E-state index in [9.17, 15) is 40.0 Å². The molecule has 0 saturated heterocycles. The number of esters is 1. The number of carbonyl (C=O) groups excluding carboxylic acids is 2. The zero-order valence-electron chi connectivity index (χ0n) is 15.3. The molecule has 2 atom stereocenters. The molecule has 6 nitrogen and oxygen atoms in total. The first-order chi connectivity index (χ1) is 13.2. The minimum absolute atomic E-state index is 0.0252. The number of hydrogen-bond donors (Lipinski definition) is 1. The van der Waals surface area contributed by atoms with Crippen LogP contribution < -0.4 is 5.32 Å². The zero-order valence-corrected chi connectivity index (χ0v) is 16.1. The van der Waals surface area contributed by atoms with Crippen molar-refractivity contribution in [2.45, 2.75) is 37.1 Å². The summed E-state index contributed by atoms with van der Waals surface area (Å²) in [5.41, 5.74) is -1.08. The van der Waals surface area contributed by atoms with E-state index in [0.29, 0.717) is 0 Å². The molecule has 1 aliphatic carbocycles. The van der Waals surface area contributed by atoms with E-state index in [1.54, 1.807) is 0 Å². The highest BCUT2D eigenvalue weighted by molar-refractivity contribution is 7.91. The Kier molecular flexibility index (Phi) is 6.26. The Bertz CT molecular complexity index is 870. The highest BCUT2D eigenvalue weighted by Crippen LogP contribution is 2.58. The van der Waals surface area contributed by atoms with Crippen molar-refractivity contribution in [2.24, 2.45) is 17.3 Å². The standard InChI is InChI=1S/C17H18F5NO5S/c1-16(2)7-11(13(16)17(20,21)22)14(25)28-8-12(24)23-9-3-5-10(6-4-9)29(26,27)15(18)19/h3-6,11,13,15H,7-8H2,1-2H3,(H,23,24). The highest BCUT2D eigenvalue weighted by Gasteiger charge is 2.63. The third-order valence-corrected chi connectivity index (χ3v) is 6.09. The predicted molar refractivity (Wildman–Crippen MR) is 90.7 cm³/mol. The normalized spacial score (nSPS) is 21.4. The summed E-state index contributed by atoms with van der Waals surface area (Å²) >= 11 is 0. The smallest absolute Gasteiger partial charge is 0.393 e. The summed E-state index contributed by atoms with van der Waals surface area (Å²) in [6.07, 6.45) is -4.61. The highest BCUT2D eigenvalue weighted by atomic mass is 32.2. The summed E-state index contributed by atoms with van der Waals surface area (Å²) in [5.74, 6) is -8.88. The Morgan fingerprint density at radius 1 is 1.21 bits per heavy atom. The predicted octanol–water partition coefficient (Wildman–Crippen LogP) is 3.39. The Balaban J connectivity index is 1.91. The number of nitrogens with one attached hydrogen (secondary N) is 1. The van der Waals surface area contributed by atoms with Crippen LogP contribution in [0.3, 0.4) is 0 Å². The molecule has 1 aromatic rings. The quantitative estimate of drug-likeness (QED) is 0.538. The lowest BCUT2D eigenvalue weighted by Gasteiger charge is -2.50. The summed E-state index contributed by atoms with van der Waals surface area (Å²) < 4.78 is 91.4. The number of halogens is 5. The summed E-state index contributed by atoms with van der Waals surface area (Å²) in [5, 5.41) is 2.22. The van der Waals surface area contributed by atoms with Crippen LogP contribution in [0.4, 0.5) is 27.6 Å². The van der Waals surface area contributed by atoms with Crippen LogP contribution in [0.15, 0.2) is 29.2 Å². The number of anilines is 1. The van der Waals surface area contributed by atoms with E-state index >= 15 is 0 Å². The van der Waals surface area contributed by atoms with E-state index in [1.807, 2.05) is 0 Å². The van der Waals surface area contributed by atoms with Gasteiger partial charge in [0.05, 0.1) is 16.7 Å². The molecular formula is C17H18F5NO5S. The monoisotopic (exact) mass is 443 g/mol. The molecule has 0 heterocycles. The van der Waals surface area contributed by atoms with Crippen molar-refractivity contribution in [3.8, 4) is 0 Å². The first kappa shape index (κ1) is 23.0. The second kappa shape index (κ2) is 7.88. The SMILES string of the molecule is CC1(C)CC(C(=O)OCC(=O)Nc2ccc(S(=O)(=O)C(F)F)cc2)C1C(F)(F)F. The molecule has 1 N–H and O–H groups in total. The van der Waals surface area contributed by atoms with Crippen LogP contribution in [0.1, 0.15) is 20.3 Å². The van der Waals surface area contributed by atoms with E-state index in [1.165, 1.54) is 13.8 Å². The lowest BCUT2D eigenvalue weighted by Crippen LogP contribution is -2.55. The molecule has 1 amide bonds. The number of amides is 1. The molecular weight excluding hydrogens is 425 g/mol. The number of hydrogen-bond acceptors (Lipinski definition) is 5. The van der Waals surface area contributed by atoms with E-state index < -0.39 is 62.4 Å². The van der Waals surface area contributed by atoms with Gasteiger partial charge in [-0.05, 0) is 36.1 Å². The molecule has 0 bridgehead atoms. The van der Waals surface area contributed by atoms with Crippen LogP contribution >= 0.6 is 0 Å². The van der Waals surface area contributed by atoms with E-state index in [0.717, 1.165) is 24.3 Å². The van der Waals surface area contributed by atoms with Crippen LogP contribution in [0.5, 0.6) is 0 Å². The zero-order chi connectivity index (χ0) is 22.2. The molecule has 0 radical (unpaired) electrons. The molecule has 1 fully saturated rings. The van der Waals surface area contributed by atoms with E-state index in [2.05, 4.69) is 10.1 Å². The molecule has 1 aliphatic rings. The summed E-state index contributed by atoms with van der Waals surface area (Å²) in [6, 6.07) is 3.80. The van der Waals surface area contributed by atoms with Crippen molar-refractivity contribution in [2.75, 3.05) is 11.9 Å². The lowest BCUT2D eigenvalue weighted by molar-refractivity contribution is -0.260. The molecule has 29 heavy (non-hydrogen) atoms. The molecule has 2 rings (SSSR count). The van der Waals surface area contributed by atoms with Gasteiger partial charge in [-0.25, -0.2) is 8.42 Å². The van der Waals surface area contributed by atoms with Crippen LogP contribution in [-0.4, -0.2) is 38.8 Å². The van der Waals surface area contributed by atoms with Gasteiger partial charge >= 0.3 is 17.9 Å². The van der Waals surface area contributed by atoms with Gasteiger partial charge in [-0.15, -0.1) is 0 Å². The van der Waals surface area contributed by atoms with Crippen LogP contribution in [0.25, 0.3) is 0 Å². The average Bonchev–Trinajstić information content (AvgIpc) is 2.56. The van der Waals surface area contributed by atoms with Gasteiger partial charge in [-0.3, -0.25) is 9.59 Å². The average molecular weight is 443 g/mol. The molecule has 0 spiro atoms. The van der Waals surface area contributed by atoms with Crippen LogP contribution in [0.2, 0.25) is 0 Å². The number of carbonyl (C=O) groups is 2. The van der Waals surface area contributed by atoms with Crippen LogP contribution in [-0.2, 0) is 24.2 Å². The topological polar surface area (TPSA) is 89.5 Å². The molecule has 2 unspecified atom stereocenters. The van der Waals surface area contributed by atoms with Gasteiger partial charge in [-0.2, -0.15) is 22.0 Å². The maximum atomic E-state index is 13.1. The maximum absolute atomic E-state index is 13.1. The Hall–Kier alpha value is -2.24. The summed E-state index contributed by atoms with van der Waals surface area (Å²) in [4.78, 5) is 23.0. The van der Waals surface area contributed by atoms with Gasteiger partial charge in [0.2, 0.25) is 9.84 Å². The van der Waals surface area contributed by atoms with Gasteiger partial charge < -0.3 is 10.1 Å². The second-order valence-corrected chi connectivity index (χ2v) is 9.22. The summed E-state index contributed by atoms with van der Waals surface area (Å²) in [6.45, 7) is 1.93. The maximum Gasteiger partial charge on any atom is 0.393 e. The molecule has 1 saturated carbocycles. The van der Waals surface area contributed by atoms with Crippen molar-refractivity contribution in [3.05, 3.63) is 24.3 Å².